The van der Waals surface area contributed by atoms with Crippen molar-refractivity contribution >= 4 is 194 Å². The van der Waals surface area contributed by atoms with Crippen LogP contribution in [0.15, 0.2) is 25.0 Å². The maximum Gasteiger partial charge on any atom is 0.347 e. The summed E-state index contributed by atoms with van der Waals surface area (Å²) in [7, 11) is 0. The SMILES string of the molecule is O=C(OC(=O)[C@](I)(C(I)c1cnc[nH]1)N(I)I)[C@](I)(C(I)c1cnc[nH]1)N(I)I. The van der Waals surface area contributed by atoms with Crippen molar-refractivity contribution in [3.8, 4) is 0 Å². The van der Waals surface area contributed by atoms with E-state index in [-0.39, 0.29) is 7.85 Å². The van der Waals surface area contributed by atoms with Gasteiger partial charge in [0.15, 0.2) is 0 Å². The van der Waals surface area contributed by atoms with Gasteiger partial charge >= 0.3 is 11.9 Å². The molecule has 2 N–H and O–H groups in total. The maximum absolute atomic E-state index is 13.2. The summed E-state index contributed by atoms with van der Waals surface area (Å²) < 4.78 is 5.81. The van der Waals surface area contributed by atoms with E-state index in [0.29, 0.717) is 0 Å². The number of carbonyl (C=O) groups is 2. The lowest BCUT2D eigenvalue weighted by Crippen LogP contribution is -2.50. The highest BCUT2D eigenvalue weighted by Crippen LogP contribution is 2.50. The molecular weight excluding hydrogens is 1290 g/mol. The number of aromatic amines is 2. The molecule has 2 aromatic rings. The molecule has 0 amide bonds. The number of aromatic nitrogens is 4. The van der Waals surface area contributed by atoms with Crippen LogP contribution in [0.1, 0.15) is 19.2 Å². The zero-order chi connectivity index (χ0) is 22.0. The molecule has 0 aromatic carbocycles. The van der Waals surface area contributed by atoms with Crippen LogP contribution < -0.4 is 0 Å². The van der Waals surface area contributed by atoms with Gasteiger partial charge in [0.05, 0.1) is 31.9 Å². The van der Waals surface area contributed by atoms with Crippen LogP contribution in [-0.4, -0.2) is 41.6 Å². The van der Waals surface area contributed by atoms with E-state index in [1.54, 1.807) is 27.7 Å². The molecule has 9 nitrogen and oxygen atoms in total. The monoisotopic (exact) mass is 1300 g/mol. The molecule has 29 heavy (non-hydrogen) atoms. The van der Waals surface area contributed by atoms with Crippen LogP contribution in [-0.2, 0) is 14.3 Å². The van der Waals surface area contributed by atoms with Crippen molar-refractivity contribution < 1.29 is 14.3 Å². The van der Waals surface area contributed by atoms with E-state index in [1.165, 1.54) is 0 Å². The quantitative estimate of drug-likeness (QED) is 0.0820. The first-order valence-electron chi connectivity index (χ1n) is 7.10. The van der Waals surface area contributed by atoms with E-state index < -0.39 is 19.0 Å². The molecule has 0 saturated heterocycles. The highest BCUT2D eigenvalue weighted by molar-refractivity contribution is 14.2. The average molecular weight is 1300 g/mol. The number of ether oxygens (including phenoxy) is 1. The van der Waals surface area contributed by atoms with E-state index in [2.05, 4.69) is 65.1 Å². The number of H-pyrrole nitrogens is 2. The molecule has 0 aliphatic carbocycles. The lowest BCUT2D eigenvalue weighted by Gasteiger charge is -2.35. The molecule has 160 valence electrons. The standard InChI is InChI=1S/C12H8I8N6O3/c13-7(5-1-21-3-23-5)11(15,25(17)18)9(27)29-10(28)12(16,26(19)20)8(14)6-2-22-4-24-6/h1-4,7-8H,(H,21,23)(H,22,24)/t7?,8?,11-,12-/m0/s1. The predicted octanol–water partition coefficient (Wildman–Crippen LogP) is 6.12. The Bertz CT molecular complexity index is 769. The molecule has 2 unspecified atom stereocenters. The number of esters is 2. The third kappa shape index (κ3) is 6.31. The van der Waals surface area contributed by atoms with Gasteiger partial charge in [-0.05, 0) is 45.2 Å². The van der Waals surface area contributed by atoms with Crippen LogP contribution in [0.25, 0.3) is 0 Å². The molecule has 0 radical (unpaired) electrons. The van der Waals surface area contributed by atoms with Crippen molar-refractivity contribution in [2.24, 2.45) is 0 Å². The first-order valence-corrected chi connectivity index (χ1v) is 15.6. The second-order valence-corrected chi connectivity index (χ2v) is 18.6. The summed E-state index contributed by atoms with van der Waals surface area (Å²) in [5.74, 6) is -1.32. The third-order valence-electron chi connectivity index (χ3n) is 3.51. The van der Waals surface area contributed by atoms with Crippen molar-refractivity contribution in [2.75, 3.05) is 0 Å². The highest BCUT2D eigenvalue weighted by Gasteiger charge is 2.55. The predicted molar refractivity (Wildman–Crippen MR) is 175 cm³/mol. The lowest BCUT2D eigenvalue weighted by molar-refractivity contribution is -0.163. The van der Waals surface area contributed by atoms with Crippen LogP contribution in [0.3, 0.4) is 0 Å². The Kier molecular flexibility index (Phi) is 12.1. The number of hydrogen-bond donors (Lipinski definition) is 2. The highest BCUT2D eigenvalue weighted by atomic mass is 127. The fraction of sp³-hybridized carbons (Fsp3) is 0.333. The van der Waals surface area contributed by atoms with Gasteiger partial charge in [0.25, 0.3) is 0 Å². The molecule has 4 atom stereocenters. The van der Waals surface area contributed by atoms with E-state index in [9.17, 15) is 9.59 Å². The number of hydrogen-bond acceptors (Lipinski definition) is 7. The van der Waals surface area contributed by atoms with Gasteiger partial charge in [0, 0.05) is 104 Å². The third-order valence-corrected chi connectivity index (χ3v) is 18.9. The summed E-state index contributed by atoms with van der Waals surface area (Å²) >= 11 is 16.4. The molecule has 2 heterocycles. The summed E-state index contributed by atoms with van der Waals surface area (Å²) in [5, 5.41) is 0. The smallest absolute Gasteiger partial charge is 0.347 e. The first kappa shape index (κ1) is 28.6. The molecule has 17 heteroatoms. The molecule has 0 fully saturated rings. The zero-order valence-corrected chi connectivity index (χ0v) is 30.8. The number of nitrogens with zero attached hydrogens (tertiary/aromatic N) is 4. The molecule has 0 aliphatic heterocycles. The Hall–Kier alpha value is 3.32. The summed E-state index contributed by atoms with van der Waals surface area (Å²) in [6, 6.07) is 0. The van der Waals surface area contributed by atoms with Gasteiger partial charge in [-0.1, -0.05) is 45.2 Å². The average Bonchev–Trinajstić information content (AvgIpc) is 3.38. The number of halogens is 8. The molecule has 0 spiro atoms. The topological polar surface area (TPSA) is 107 Å². The zero-order valence-electron chi connectivity index (χ0n) is 13.5. The van der Waals surface area contributed by atoms with Gasteiger partial charge in [-0.3, -0.25) is 0 Å². The van der Waals surface area contributed by atoms with Gasteiger partial charge in [-0.15, -0.1) is 0 Å². The summed E-state index contributed by atoms with van der Waals surface area (Å²) in [4.78, 5) is 40.6. The van der Waals surface area contributed by atoms with Crippen LogP contribution in [0, 0.1) is 0 Å². The van der Waals surface area contributed by atoms with Crippen LogP contribution in [0.2, 0.25) is 0 Å². The molecule has 2 aromatic heterocycles. The Morgan fingerprint density at radius 3 is 1.45 bits per heavy atom. The molecular formula is C12H8I8N6O3. The minimum absolute atomic E-state index is 0.348. The normalized spacial score (nSPS) is 18.1. The van der Waals surface area contributed by atoms with Crippen molar-refractivity contribution in [1.82, 2.24) is 22.6 Å². The number of carbonyl (C=O) groups excluding carboxylic acids is 2. The van der Waals surface area contributed by atoms with Crippen molar-refractivity contribution in [3.63, 3.8) is 0 Å². The molecule has 0 saturated carbocycles. The van der Waals surface area contributed by atoms with Crippen molar-refractivity contribution in [3.05, 3.63) is 36.4 Å². The fourth-order valence-corrected chi connectivity index (χ4v) is 8.64. The molecule has 2 rings (SSSR count). The van der Waals surface area contributed by atoms with Crippen molar-refractivity contribution in [1.29, 1.82) is 0 Å². The molecule has 0 aliphatic rings. The van der Waals surface area contributed by atoms with Crippen LogP contribution in [0.5, 0.6) is 0 Å². The van der Waals surface area contributed by atoms with E-state index in [0.717, 1.165) is 11.4 Å². The number of rotatable bonds is 8. The van der Waals surface area contributed by atoms with Gasteiger partial charge < -0.3 is 14.7 Å². The second kappa shape index (κ2) is 12.3. The number of alkyl halides is 4. The van der Waals surface area contributed by atoms with Gasteiger partial charge in [-0.25, -0.2) is 19.6 Å². The van der Waals surface area contributed by atoms with E-state index >= 15 is 0 Å². The Morgan fingerprint density at radius 2 is 1.21 bits per heavy atom. The summed E-state index contributed by atoms with van der Waals surface area (Å²) in [6.45, 7) is 0. The Labute approximate surface area is 276 Å². The minimum Gasteiger partial charge on any atom is -0.389 e. The van der Waals surface area contributed by atoms with Gasteiger partial charge in [-0.2, -0.15) is 2.65 Å². The number of nitrogens with one attached hydrogen (secondary N) is 2. The van der Waals surface area contributed by atoms with Gasteiger partial charge in [0.1, 0.15) is 0 Å². The first-order chi connectivity index (χ1) is 13.5. The Morgan fingerprint density at radius 1 is 0.862 bits per heavy atom. The lowest BCUT2D eigenvalue weighted by atomic mass is 10.1. The minimum atomic E-state index is -1.16. The summed E-state index contributed by atoms with van der Waals surface area (Å²) in [5.41, 5.74) is 1.49. The fourth-order valence-electron chi connectivity index (χ4n) is 1.97. The van der Waals surface area contributed by atoms with Gasteiger partial charge in [0.2, 0.25) is 7.09 Å². The van der Waals surface area contributed by atoms with Crippen molar-refractivity contribution in [2.45, 2.75) is 14.9 Å². The molecule has 0 bridgehead atoms. The van der Waals surface area contributed by atoms with Crippen LogP contribution in [0.4, 0.5) is 0 Å². The van der Waals surface area contributed by atoms with Crippen LogP contribution >= 0.6 is 182 Å². The van der Waals surface area contributed by atoms with E-state index in [1.807, 2.05) is 137 Å². The number of imidazole rings is 2. The van der Waals surface area contributed by atoms with E-state index in [4.69, 9.17) is 4.74 Å². The summed E-state index contributed by atoms with van der Waals surface area (Å²) in [6.07, 6.45) is 6.39. The Balaban J connectivity index is 2.33. The maximum atomic E-state index is 13.2. The second-order valence-electron chi connectivity index (χ2n) is 5.23. The largest absolute Gasteiger partial charge is 0.389 e.